The lowest BCUT2D eigenvalue weighted by Gasteiger charge is -2.09. The highest BCUT2D eigenvalue weighted by atomic mass is 16.5. The molecule has 0 unspecified atom stereocenters. The Bertz CT molecular complexity index is 1170. The van der Waals surface area contributed by atoms with Gasteiger partial charge in [-0.2, -0.15) is 0 Å². The number of aliphatic hydroxyl groups excluding tert-OH is 1. The second kappa shape index (κ2) is 9.96. The van der Waals surface area contributed by atoms with E-state index in [1.807, 2.05) is 48.5 Å². The molecule has 0 bridgehead atoms. The summed E-state index contributed by atoms with van der Waals surface area (Å²) in [4.78, 5) is 27.4. The number of Topliss-reactive ketones (excluding diaryl/α,β-unsaturated/α-hetero) is 1. The number of ketones is 1. The van der Waals surface area contributed by atoms with Crippen molar-refractivity contribution in [3.05, 3.63) is 65.4 Å². The molecule has 3 rings (SSSR count). The average molecular weight is 434 g/mol. The number of esters is 1. The number of allylic oxidation sites excluding steroid dienone is 1. The molecular weight excluding hydrogens is 408 g/mol. The zero-order chi connectivity index (χ0) is 23.3. The molecule has 0 saturated heterocycles. The fourth-order valence-corrected chi connectivity index (χ4v) is 3.67. The molecule has 0 atom stereocenters. The molecule has 1 heterocycles. The minimum atomic E-state index is -0.506. The van der Waals surface area contributed by atoms with Crippen LogP contribution < -0.4 is 4.74 Å². The first-order valence-corrected chi connectivity index (χ1v) is 10.2. The van der Waals surface area contributed by atoms with Gasteiger partial charge >= 0.3 is 5.97 Å². The van der Waals surface area contributed by atoms with E-state index in [1.54, 1.807) is 7.11 Å². The van der Waals surface area contributed by atoms with Crippen molar-refractivity contribution in [3.63, 3.8) is 0 Å². The largest absolute Gasteiger partial charge is 0.508 e. The van der Waals surface area contributed by atoms with E-state index < -0.39 is 24.1 Å². The summed E-state index contributed by atoms with van der Waals surface area (Å²) in [6.07, 6.45) is 0.523. The standard InChI is InChI=1S/C25H26N2O5/c1-15(26)24(16(2)28)22(29)14-32-23(30)13-12-20-19-6-4-5-7-21(19)27-25(20)17-8-10-18(31-3)11-9-17/h4-11,26-27,29H,12-14H2,1-3H3/b24-22-,26-15?. The first kappa shape index (κ1) is 22.8. The molecule has 2 aromatic carbocycles. The number of para-hydroxylation sites is 1. The van der Waals surface area contributed by atoms with Crippen LogP contribution in [0.25, 0.3) is 22.2 Å². The molecule has 0 fully saturated rings. The summed E-state index contributed by atoms with van der Waals surface area (Å²) >= 11 is 0. The number of aromatic nitrogens is 1. The molecule has 0 amide bonds. The van der Waals surface area contributed by atoms with Crippen LogP contribution in [-0.2, 0) is 20.7 Å². The van der Waals surface area contributed by atoms with E-state index in [-0.39, 0.29) is 17.7 Å². The number of methoxy groups -OCH3 is 1. The number of ether oxygens (including phenoxy) is 2. The quantitative estimate of drug-likeness (QED) is 0.195. The van der Waals surface area contributed by atoms with Gasteiger partial charge in [0, 0.05) is 28.7 Å². The van der Waals surface area contributed by atoms with Crippen LogP contribution in [0.2, 0.25) is 0 Å². The Morgan fingerprint density at radius 2 is 1.75 bits per heavy atom. The Kier molecular flexibility index (Phi) is 7.10. The topological polar surface area (TPSA) is 112 Å². The fraction of sp³-hybridized carbons (Fsp3) is 0.240. The van der Waals surface area contributed by atoms with Crippen molar-refractivity contribution in [3.8, 4) is 17.0 Å². The number of fused-ring (bicyclic) bond motifs is 1. The maximum atomic E-state index is 12.4. The summed E-state index contributed by atoms with van der Waals surface area (Å²) in [5, 5.41) is 18.7. The van der Waals surface area contributed by atoms with Crippen LogP contribution in [0.1, 0.15) is 25.8 Å². The van der Waals surface area contributed by atoms with Gasteiger partial charge in [-0.1, -0.05) is 18.2 Å². The highest BCUT2D eigenvalue weighted by Gasteiger charge is 2.17. The molecule has 0 aliphatic carbocycles. The van der Waals surface area contributed by atoms with Gasteiger partial charge in [0.25, 0.3) is 0 Å². The van der Waals surface area contributed by atoms with Crippen LogP contribution in [0.4, 0.5) is 0 Å². The third-order valence-corrected chi connectivity index (χ3v) is 5.16. The van der Waals surface area contributed by atoms with Crippen LogP contribution in [0, 0.1) is 5.41 Å². The van der Waals surface area contributed by atoms with Crippen molar-refractivity contribution >= 4 is 28.4 Å². The number of H-pyrrole nitrogens is 1. The van der Waals surface area contributed by atoms with Gasteiger partial charge in [0.2, 0.25) is 0 Å². The van der Waals surface area contributed by atoms with Crippen LogP contribution in [0.3, 0.4) is 0 Å². The Morgan fingerprint density at radius 1 is 1.06 bits per heavy atom. The second-order valence-corrected chi connectivity index (χ2v) is 7.42. The molecule has 32 heavy (non-hydrogen) atoms. The van der Waals surface area contributed by atoms with Gasteiger partial charge in [-0.05, 0) is 61.7 Å². The lowest BCUT2D eigenvalue weighted by molar-refractivity contribution is -0.143. The van der Waals surface area contributed by atoms with Gasteiger partial charge in [-0.25, -0.2) is 0 Å². The third-order valence-electron chi connectivity index (χ3n) is 5.16. The van der Waals surface area contributed by atoms with Gasteiger partial charge in [0.05, 0.1) is 12.7 Å². The molecule has 0 radical (unpaired) electrons. The lowest BCUT2D eigenvalue weighted by Crippen LogP contribution is -2.15. The number of carbonyl (C=O) groups is 2. The normalized spacial score (nSPS) is 11.7. The summed E-state index contributed by atoms with van der Waals surface area (Å²) in [6.45, 7) is 2.21. The highest BCUT2D eigenvalue weighted by Crippen LogP contribution is 2.32. The summed E-state index contributed by atoms with van der Waals surface area (Å²) in [7, 11) is 1.62. The van der Waals surface area contributed by atoms with Crippen LogP contribution in [-0.4, -0.2) is 41.3 Å². The number of hydrogen-bond donors (Lipinski definition) is 3. The van der Waals surface area contributed by atoms with E-state index in [4.69, 9.17) is 14.9 Å². The first-order chi connectivity index (χ1) is 15.3. The first-order valence-electron chi connectivity index (χ1n) is 10.2. The smallest absolute Gasteiger partial charge is 0.306 e. The van der Waals surface area contributed by atoms with Crippen molar-refractivity contribution in [1.29, 1.82) is 5.41 Å². The predicted octanol–water partition coefficient (Wildman–Crippen LogP) is 4.76. The molecule has 7 heteroatoms. The number of hydrogen-bond acceptors (Lipinski definition) is 6. The molecule has 1 aromatic heterocycles. The molecule has 3 aromatic rings. The summed E-state index contributed by atoms with van der Waals surface area (Å²) < 4.78 is 10.4. The number of aliphatic hydroxyl groups is 1. The molecule has 0 spiro atoms. The maximum absolute atomic E-state index is 12.4. The van der Waals surface area contributed by atoms with Crippen LogP contribution >= 0.6 is 0 Å². The van der Waals surface area contributed by atoms with Crippen molar-refractivity contribution in [2.75, 3.05) is 13.7 Å². The van der Waals surface area contributed by atoms with E-state index >= 15 is 0 Å². The number of aromatic amines is 1. The monoisotopic (exact) mass is 434 g/mol. The molecule has 3 N–H and O–H groups in total. The Morgan fingerprint density at radius 3 is 2.38 bits per heavy atom. The Balaban J connectivity index is 1.78. The number of nitrogens with one attached hydrogen (secondary N) is 2. The minimum Gasteiger partial charge on any atom is -0.508 e. The van der Waals surface area contributed by atoms with Gasteiger partial charge in [-0.3, -0.25) is 9.59 Å². The summed E-state index contributed by atoms with van der Waals surface area (Å²) in [5.41, 5.74) is 3.64. The van der Waals surface area contributed by atoms with Gasteiger partial charge in [0.1, 0.15) is 18.1 Å². The lowest BCUT2D eigenvalue weighted by atomic mass is 10.0. The van der Waals surface area contributed by atoms with E-state index in [0.29, 0.717) is 6.42 Å². The zero-order valence-electron chi connectivity index (χ0n) is 18.3. The Hall–Kier alpha value is -3.87. The number of aryl methyl sites for hydroxylation is 1. The van der Waals surface area contributed by atoms with E-state index in [2.05, 4.69) is 4.98 Å². The van der Waals surface area contributed by atoms with E-state index in [1.165, 1.54) is 13.8 Å². The number of rotatable bonds is 9. The fourth-order valence-electron chi connectivity index (χ4n) is 3.67. The molecule has 0 saturated carbocycles. The average Bonchev–Trinajstić information content (AvgIpc) is 3.14. The number of benzene rings is 2. The molecular formula is C25H26N2O5. The molecule has 166 valence electrons. The Labute approximate surface area is 186 Å². The van der Waals surface area contributed by atoms with E-state index in [0.717, 1.165) is 33.5 Å². The highest BCUT2D eigenvalue weighted by molar-refractivity contribution is 6.19. The molecule has 0 aliphatic heterocycles. The van der Waals surface area contributed by atoms with E-state index in [9.17, 15) is 14.7 Å². The van der Waals surface area contributed by atoms with Crippen molar-refractivity contribution in [1.82, 2.24) is 4.98 Å². The summed E-state index contributed by atoms with van der Waals surface area (Å²) in [6, 6.07) is 15.5. The van der Waals surface area contributed by atoms with Gasteiger partial charge < -0.3 is 25.0 Å². The van der Waals surface area contributed by atoms with Crippen molar-refractivity contribution < 1.29 is 24.2 Å². The molecule has 7 nitrogen and oxygen atoms in total. The second-order valence-electron chi connectivity index (χ2n) is 7.42. The van der Waals surface area contributed by atoms with Gasteiger partial charge in [-0.15, -0.1) is 0 Å². The predicted molar refractivity (Wildman–Crippen MR) is 123 cm³/mol. The minimum absolute atomic E-state index is 0.0750. The van der Waals surface area contributed by atoms with Gasteiger partial charge in [0.15, 0.2) is 5.78 Å². The number of carbonyl (C=O) groups excluding carboxylic acids is 2. The third kappa shape index (κ3) is 5.06. The van der Waals surface area contributed by atoms with Crippen LogP contribution in [0.15, 0.2) is 59.9 Å². The van der Waals surface area contributed by atoms with Crippen LogP contribution in [0.5, 0.6) is 5.75 Å². The van der Waals surface area contributed by atoms with Crippen molar-refractivity contribution in [2.24, 2.45) is 0 Å². The zero-order valence-corrected chi connectivity index (χ0v) is 18.3. The summed E-state index contributed by atoms with van der Waals surface area (Å²) in [5.74, 6) is -0.612. The maximum Gasteiger partial charge on any atom is 0.306 e. The molecule has 0 aliphatic rings. The van der Waals surface area contributed by atoms with Crippen molar-refractivity contribution in [2.45, 2.75) is 26.7 Å². The SMILES string of the molecule is COc1ccc(-c2[nH]c3ccccc3c2CCC(=O)OC/C(O)=C(\C(C)=N)C(C)=O)cc1.